The van der Waals surface area contributed by atoms with Gasteiger partial charge in [0.05, 0.1) is 17.6 Å². The number of aromatic nitrogens is 4. The average Bonchev–Trinajstić information content (AvgIpc) is 3.22. The highest BCUT2D eigenvalue weighted by atomic mass is 15.3. The molecule has 1 aromatic carbocycles. The van der Waals surface area contributed by atoms with Gasteiger partial charge in [-0.3, -0.25) is 5.10 Å². The second kappa shape index (κ2) is 7.87. The van der Waals surface area contributed by atoms with Crippen molar-refractivity contribution in [1.82, 2.24) is 25.3 Å². The number of benzene rings is 1. The molecule has 0 saturated heterocycles. The Bertz CT molecular complexity index is 824. The molecule has 0 saturated carbocycles. The lowest BCUT2D eigenvalue weighted by Crippen LogP contribution is -2.20. The second-order valence-corrected chi connectivity index (χ2v) is 7.82. The topological polar surface area (TPSA) is 58.5 Å². The van der Waals surface area contributed by atoms with Gasteiger partial charge in [0.2, 0.25) is 0 Å². The number of H-pyrrole nitrogens is 1. The molecule has 0 aliphatic rings. The van der Waals surface area contributed by atoms with E-state index in [1.165, 1.54) is 16.8 Å². The maximum Gasteiger partial charge on any atom is 0.0645 e. The van der Waals surface area contributed by atoms with E-state index in [-0.39, 0.29) is 5.41 Å². The van der Waals surface area contributed by atoms with Gasteiger partial charge in [0.1, 0.15) is 0 Å². The van der Waals surface area contributed by atoms with E-state index >= 15 is 0 Å². The van der Waals surface area contributed by atoms with Crippen LogP contribution < -0.4 is 5.32 Å². The monoisotopic (exact) mass is 351 g/mol. The van der Waals surface area contributed by atoms with Crippen LogP contribution in [0.1, 0.15) is 49.7 Å². The van der Waals surface area contributed by atoms with Crippen LogP contribution in [0.2, 0.25) is 0 Å². The predicted molar refractivity (Wildman–Crippen MR) is 106 cm³/mol. The highest BCUT2D eigenvalue weighted by Gasteiger charge is 2.19. The van der Waals surface area contributed by atoms with E-state index in [0.717, 1.165) is 37.3 Å². The number of para-hydroxylation sites is 1. The lowest BCUT2D eigenvalue weighted by Gasteiger charge is -2.18. The minimum Gasteiger partial charge on any atom is -0.313 e. The summed E-state index contributed by atoms with van der Waals surface area (Å²) in [5, 5.41) is 15.5. The molecule has 5 nitrogen and oxygen atoms in total. The predicted octanol–water partition coefficient (Wildman–Crippen LogP) is 3.92. The van der Waals surface area contributed by atoms with Crippen molar-refractivity contribution >= 4 is 0 Å². The Balaban J connectivity index is 1.49. The van der Waals surface area contributed by atoms with E-state index in [9.17, 15) is 0 Å². The standard InChI is InChI=1S/C21H29N5/c1-16-17(15-26(25-16)19-10-6-5-7-11-19)9-8-12-22-13-18-14-23-24-20(18)21(2,3)4/h5-7,10-11,14-15,22H,8-9,12-13H2,1-4H3,(H,23,24). The van der Waals surface area contributed by atoms with Crippen LogP contribution in [-0.4, -0.2) is 26.5 Å². The van der Waals surface area contributed by atoms with Gasteiger partial charge >= 0.3 is 0 Å². The SMILES string of the molecule is Cc1nn(-c2ccccc2)cc1CCCNCc1cn[nH]c1C(C)(C)C. The van der Waals surface area contributed by atoms with Crippen LogP contribution in [0.15, 0.2) is 42.7 Å². The summed E-state index contributed by atoms with van der Waals surface area (Å²) in [6, 6.07) is 10.3. The molecule has 2 heterocycles. The van der Waals surface area contributed by atoms with E-state index in [2.05, 4.69) is 66.6 Å². The molecule has 0 unspecified atom stereocenters. The van der Waals surface area contributed by atoms with Crippen LogP contribution in [0.5, 0.6) is 0 Å². The Morgan fingerprint density at radius 3 is 2.62 bits per heavy atom. The molecule has 3 aromatic rings. The van der Waals surface area contributed by atoms with Crippen LogP contribution in [-0.2, 0) is 18.4 Å². The number of aromatic amines is 1. The number of hydrogen-bond donors (Lipinski definition) is 2. The maximum atomic E-state index is 4.64. The number of nitrogens with one attached hydrogen (secondary N) is 2. The van der Waals surface area contributed by atoms with E-state index in [1.807, 2.05) is 29.1 Å². The Labute approximate surface area is 155 Å². The molecule has 0 aliphatic carbocycles. The molecular weight excluding hydrogens is 322 g/mol. The third-order valence-corrected chi connectivity index (χ3v) is 4.60. The smallest absolute Gasteiger partial charge is 0.0645 e. The number of hydrogen-bond acceptors (Lipinski definition) is 3. The van der Waals surface area contributed by atoms with Crippen molar-refractivity contribution in [3.05, 3.63) is 65.2 Å². The van der Waals surface area contributed by atoms with Crippen LogP contribution in [0, 0.1) is 6.92 Å². The third-order valence-electron chi connectivity index (χ3n) is 4.60. The van der Waals surface area contributed by atoms with Crippen molar-refractivity contribution in [1.29, 1.82) is 0 Å². The number of rotatable bonds is 7. The Morgan fingerprint density at radius 1 is 1.12 bits per heavy atom. The van der Waals surface area contributed by atoms with Crippen molar-refractivity contribution < 1.29 is 0 Å². The van der Waals surface area contributed by atoms with Gasteiger partial charge in [-0.15, -0.1) is 0 Å². The van der Waals surface area contributed by atoms with Gasteiger partial charge in [0.15, 0.2) is 0 Å². The van der Waals surface area contributed by atoms with Crippen LogP contribution in [0.3, 0.4) is 0 Å². The van der Waals surface area contributed by atoms with Crippen LogP contribution in [0.4, 0.5) is 0 Å². The molecule has 0 amide bonds. The second-order valence-electron chi connectivity index (χ2n) is 7.82. The fourth-order valence-corrected chi connectivity index (χ4v) is 3.18. The Morgan fingerprint density at radius 2 is 1.88 bits per heavy atom. The van der Waals surface area contributed by atoms with Crippen molar-refractivity contribution in [2.45, 2.75) is 52.5 Å². The van der Waals surface area contributed by atoms with E-state index in [1.54, 1.807) is 0 Å². The number of nitrogens with zero attached hydrogens (tertiary/aromatic N) is 3. The normalized spacial score (nSPS) is 11.8. The zero-order valence-electron chi connectivity index (χ0n) is 16.2. The van der Waals surface area contributed by atoms with Gasteiger partial charge in [-0.25, -0.2) is 4.68 Å². The fraction of sp³-hybridized carbons (Fsp3) is 0.429. The summed E-state index contributed by atoms with van der Waals surface area (Å²) in [4.78, 5) is 0. The molecule has 0 radical (unpaired) electrons. The van der Waals surface area contributed by atoms with Crippen LogP contribution in [0.25, 0.3) is 5.69 Å². The highest BCUT2D eigenvalue weighted by Crippen LogP contribution is 2.23. The van der Waals surface area contributed by atoms with Crippen LogP contribution >= 0.6 is 0 Å². The summed E-state index contributed by atoms with van der Waals surface area (Å²) in [5.74, 6) is 0. The molecule has 0 atom stereocenters. The molecular formula is C21H29N5. The minimum absolute atomic E-state index is 0.0939. The molecule has 3 rings (SSSR count). The number of aryl methyl sites for hydroxylation is 2. The van der Waals surface area contributed by atoms with Crippen molar-refractivity contribution in [2.24, 2.45) is 0 Å². The third kappa shape index (κ3) is 4.41. The largest absolute Gasteiger partial charge is 0.313 e. The van der Waals surface area contributed by atoms with Crippen molar-refractivity contribution in [3.63, 3.8) is 0 Å². The molecule has 138 valence electrons. The van der Waals surface area contributed by atoms with E-state index < -0.39 is 0 Å². The minimum atomic E-state index is 0.0939. The quantitative estimate of drug-likeness (QED) is 0.634. The Hall–Kier alpha value is -2.40. The van der Waals surface area contributed by atoms with E-state index in [0.29, 0.717) is 0 Å². The highest BCUT2D eigenvalue weighted by molar-refractivity contribution is 5.32. The van der Waals surface area contributed by atoms with Gasteiger partial charge < -0.3 is 5.32 Å². The first kappa shape index (κ1) is 18.4. The molecule has 0 fully saturated rings. The Kier molecular flexibility index (Phi) is 5.57. The fourth-order valence-electron chi connectivity index (χ4n) is 3.18. The summed E-state index contributed by atoms with van der Waals surface area (Å²) < 4.78 is 1.97. The molecule has 26 heavy (non-hydrogen) atoms. The molecule has 0 spiro atoms. The van der Waals surface area contributed by atoms with Gasteiger partial charge in [-0.1, -0.05) is 39.0 Å². The first-order valence-electron chi connectivity index (χ1n) is 9.29. The zero-order chi connectivity index (χ0) is 18.6. The summed E-state index contributed by atoms with van der Waals surface area (Å²) in [7, 11) is 0. The maximum absolute atomic E-state index is 4.64. The van der Waals surface area contributed by atoms with Crippen molar-refractivity contribution in [2.75, 3.05) is 6.54 Å². The first-order valence-corrected chi connectivity index (χ1v) is 9.29. The summed E-state index contributed by atoms with van der Waals surface area (Å²) in [5.41, 5.74) is 6.09. The summed E-state index contributed by atoms with van der Waals surface area (Å²) in [6.45, 7) is 10.5. The summed E-state index contributed by atoms with van der Waals surface area (Å²) >= 11 is 0. The van der Waals surface area contributed by atoms with Gasteiger partial charge in [-0.05, 0) is 44.0 Å². The van der Waals surface area contributed by atoms with Gasteiger partial charge in [0.25, 0.3) is 0 Å². The summed E-state index contributed by atoms with van der Waals surface area (Å²) in [6.07, 6.45) is 6.20. The van der Waals surface area contributed by atoms with Gasteiger partial charge in [0, 0.05) is 29.4 Å². The molecule has 2 N–H and O–H groups in total. The lowest BCUT2D eigenvalue weighted by atomic mass is 9.89. The van der Waals surface area contributed by atoms with Crippen molar-refractivity contribution in [3.8, 4) is 5.69 Å². The molecule has 0 aliphatic heterocycles. The lowest BCUT2D eigenvalue weighted by molar-refractivity contribution is 0.552. The van der Waals surface area contributed by atoms with E-state index in [4.69, 9.17) is 0 Å². The molecule has 2 aromatic heterocycles. The average molecular weight is 351 g/mol. The van der Waals surface area contributed by atoms with Gasteiger partial charge in [-0.2, -0.15) is 10.2 Å². The first-order chi connectivity index (χ1) is 12.4. The molecule has 0 bridgehead atoms. The zero-order valence-corrected chi connectivity index (χ0v) is 16.2. The molecule has 5 heteroatoms.